The van der Waals surface area contributed by atoms with Crippen LogP contribution in [0.5, 0.6) is 0 Å². The molecule has 0 aliphatic heterocycles. The maximum atomic E-state index is 14.8. The summed E-state index contributed by atoms with van der Waals surface area (Å²) in [6.45, 7) is 20.0. The fourth-order valence-corrected chi connectivity index (χ4v) is 13.4. The van der Waals surface area contributed by atoms with Gasteiger partial charge in [0, 0.05) is 0 Å². The predicted octanol–water partition coefficient (Wildman–Crippen LogP) is 9.35. The van der Waals surface area contributed by atoms with Gasteiger partial charge >= 0.3 is 25.5 Å². The Hall–Kier alpha value is -4.42. The molecule has 28 heteroatoms. The second-order valence-electron chi connectivity index (χ2n) is 23.7. The molecular formula is C54H94ClN13O12P2. The Morgan fingerprint density at radius 1 is 0.585 bits per heavy atom. The molecule has 7 rings (SSSR count). The van der Waals surface area contributed by atoms with Crippen molar-refractivity contribution in [3.05, 3.63) is 25.3 Å². The summed E-state index contributed by atoms with van der Waals surface area (Å²) in [4.78, 5) is 79.7. The molecule has 0 amide bonds. The van der Waals surface area contributed by atoms with E-state index < -0.39 is 61.5 Å². The first-order valence-corrected chi connectivity index (χ1v) is 32.5. The molecule has 3 fully saturated rings. The van der Waals surface area contributed by atoms with Gasteiger partial charge in [-0.25, -0.2) is 40.1 Å². The summed E-state index contributed by atoms with van der Waals surface area (Å²) in [5.41, 5.74) is 11.0. The molecule has 0 aromatic carbocycles. The lowest BCUT2D eigenvalue weighted by molar-refractivity contribution is -0.157. The van der Waals surface area contributed by atoms with Crippen LogP contribution in [0, 0.1) is 17.8 Å². The van der Waals surface area contributed by atoms with Crippen molar-refractivity contribution in [3.63, 3.8) is 0 Å². The second kappa shape index (κ2) is 31.1. The van der Waals surface area contributed by atoms with E-state index in [9.17, 15) is 23.5 Å². The molecule has 0 bridgehead atoms. The van der Waals surface area contributed by atoms with Gasteiger partial charge in [0.15, 0.2) is 22.9 Å². The van der Waals surface area contributed by atoms with Crippen LogP contribution in [0.2, 0.25) is 0 Å². The monoisotopic (exact) mass is 1210 g/mol. The number of carbonyl (C=O) groups is 3. The van der Waals surface area contributed by atoms with E-state index in [1.54, 1.807) is 63.9 Å². The van der Waals surface area contributed by atoms with Gasteiger partial charge in [-0.1, -0.05) is 57.8 Å². The predicted molar refractivity (Wildman–Crippen MR) is 316 cm³/mol. The highest BCUT2D eigenvalue weighted by Crippen LogP contribution is 2.43. The largest absolute Gasteiger partial charge is 0.461 e. The van der Waals surface area contributed by atoms with Gasteiger partial charge in [-0.15, -0.1) is 11.6 Å². The first-order valence-electron chi connectivity index (χ1n) is 28.5. The summed E-state index contributed by atoms with van der Waals surface area (Å²) < 4.78 is 57.4. The summed E-state index contributed by atoms with van der Waals surface area (Å²) in [5.74, 6) is 0.364. The van der Waals surface area contributed by atoms with Crippen molar-refractivity contribution in [2.75, 3.05) is 24.2 Å². The van der Waals surface area contributed by atoms with Crippen LogP contribution < -0.4 is 27.8 Å². The Balaban J connectivity index is 0.000000335. The number of alkyl halides is 1. The van der Waals surface area contributed by atoms with Gasteiger partial charge in [-0.3, -0.25) is 23.5 Å². The lowest BCUT2D eigenvalue weighted by Gasteiger charge is -2.37. The highest BCUT2D eigenvalue weighted by atomic mass is 35.5. The van der Waals surface area contributed by atoms with Gasteiger partial charge in [-0.05, 0) is 132 Å². The number of anilines is 2. The SMILES string of the molecule is C[C@H](Cn1cnc2c(N)ncnc21)OCP(=O)(NC(C)(C)C(=O)O[C@@H](C)C1CCCCC1)NC(C)(C)C(=O)O[C@@H](C)C1CCCCC1.C[C@H](Cn1cnc2c(N)ncnc21)OCP(=O)(O)O.C[C@H](OC(=O)C(C)(C)Cl)C1CCCCC1.N. The topological polar surface area (TPSA) is 370 Å². The summed E-state index contributed by atoms with van der Waals surface area (Å²) in [7, 11) is -7.97. The van der Waals surface area contributed by atoms with Crippen molar-refractivity contribution in [2.24, 2.45) is 17.8 Å². The average Bonchev–Trinajstić information content (AvgIpc) is 4.03. The van der Waals surface area contributed by atoms with Crippen LogP contribution >= 0.6 is 26.6 Å². The molecule has 0 spiro atoms. The Bertz CT molecular complexity index is 2700. The molecule has 3 aliphatic rings. The van der Waals surface area contributed by atoms with Crippen molar-refractivity contribution in [1.82, 2.24) is 55.4 Å². The van der Waals surface area contributed by atoms with Crippen LogP contribution in [-0.2, 0) is 60.3 Å². The number of halogens is 1. The number of aromatic nitrogens is 8. The number of fused-ring (bicyclic) bond motifs is 2. The minimum absolute atomic E-state index is 0. The number of hydrogen-bond donors (Lipinski definition) is 7. The van der Waals surface area contributed by atoms with Crippen LogP contribution in [0.25, 0.3) is 22.3 Å². The molecule has 25 nitrogen and oxygen atoms in total. The van der Waals surface area contributed by atoms with E-state index in [-0.39, 0.29) is 48.4 Å². The molecule has 464 valence electrons. The zero-order valence-electron chi connectivity index (χ0n) is 50.1. The molecule has 4 aromatic rings. The minimum atomic E-state index is -4.16. The lowest BCUT2D eigenvalue weighted by atomic mass is 9.86. The Labute approximate surface area is 488 Å². The Kier molecular flexibility index (Phi) is 26.6. The summed E-state index contributed by atoms with van der Waals surface area (Å²) in [6.07, 6.45) is 20.7. The third kappa shape index (κ3) is 21.6. The Morgan fingerprint density at radius 2 is 0.915 bits per heavy atom. The normalized spacial score (nSPS) is 18.1. The molecule has 3 aliphatic carbocycles. The van der Waals surface area contributed by atoms with E-state index >= 15 is 0 Å². The summed E-state index contributed by atoms with van der Waals surface area (Å²) in [6, 6.07) is 0. The maximum Gasteiger partial charge on any atom is 0.350 e. The highest BCUT2D eigenvalue weighted by Gasteiger charge is 2.45. The third-order valence-corrected chi connectivity index (χ3v) is 18.1. The van der Waals surface area contributed by atoms with E-state index in [2.05, 4.69) is 40.1 Å². The number of hydrogen-bond acceptors (Lipinski definition) is 19. The van der Waals surface area contributed by atoms with Crippen molar-refractivity contribution < 1.29 is 57.0 Å². The number of rotatable bonds is 23. The van der Waals surface area contributed by atoms with Gasteiger partial charge in [0.25, 0.3) is 0 Å². The summed E-state index contributed by atoms with van der Waals surface area (Å²) >= 11 is 5.89. The molecule has 0 radical (unpaired) electrons. The fraction of sp³-hybridized carbons (Fsp3) is 0.759. The first kappa shape index (κ1) is 70.1. The first-order chi connectivity index (χ1) is 37.9. The number of esters is 3. The molecule has 3 saturated carbocycles. The lowest BCUT2D eigenvalue weighted by Crippen LogP contribution is -2.55. The number of nitrogens with one attached hydrogen (secondary N) is 2. The van der Waals surface area contributed by atoms with Gasteiger partial charge in [0.2, 0.25) is 7.44 Å². The molecule has 4 aromatic heterocycles. The molecule has 11 N–H and O–H groups in total. The van der Waals surface area contributed by atoms with E-state index in [1.165, 1.54) is 63.9 Å². The zero-order valence-corrected chi connectivity index (χ0v) is 52.6. The number of nitrogen functional groups attached to an aromatic ring is 2. The van der Waals surface area contributed by atoms with Crippen LogP contribution in [0.15, 0.2) is 25.3 Å². The standard InChI is InChI=1S/C33H56N7O6P.C12H21ClO2.C9H14N5O4P.H3N/c1-22(18-40-20-37-27-28(34)35-19-36-29(27)40)44-21-47(43,38-32(4,5)30(41)45-23(2)25-14-10-8-11-15-25)39-33(6,7)31(42)46-24(3)26-16-12-9-13-17-26;1-9(10-7-5-4-6-8-10)15-11(14)12(2,3)13;1-6(18-5-19(15,16)17)2-14-4-13-7-8(10)11-3-12-9(7)14;/h19-20,22-26H,8-18,21H2,1-7H3,(H2,34,35,36)(H2,38,39,43);9-10H,4-8H2,1-3H3;3-4,6H,2,5H2,1H3,(H2,10,11,12)(H2,15,16,17);1H3/t22-,23+,24+;9-;6-;/m101./s1. The fourth-order valence-electron chi connectivity index (χ4n) is 10.3. The van der Waals surface area contributed by atoms with E-state index in [0.717, 1.165) is 51.4 Å². The van der Waals surface area contributed by atoms with Gasteiger partial charge in [0.05, 0.1) is 38.0 Å². The molecule has 4 heterocycles. The molecule has 82 heavy (non-hydrogen) atoms. The zero-order chi connectivity index (χ0) is 59.9. The second-order valence-corrected chi connectivity index (χ2v) is 28.5. The van der Waals surface area contributed by atoms with Crippen LogP contribution in [0.1, 0.15) is 172 Å². The van der Waals surface area contributed by atoms with Crippen LogP contribution in [0.3, 0.4) is 0 Å². The van der Waals surface area contributed by atoms with E-state index in [4.69, 9.17) is 56.5 Å². The van der Waals surface area contributed by atoms with Crippen molar-refractivity contribution in [3.8, 4) is 0 Å². The van der Waals surface area contributed by atoms with Gasteiger partial charge in [-0.2, -0.15) is 0 Å². The average molecular weight is 1210 g/mol. The smallest absolute Gasteiger partial charge is 0.350 e. The number of ether oxygens (including phenoxy) is 5. The molecule has 5 atom stereocenters. The molecule has 0 unspecified atom stereocenters. The minimum Gasteiger partial charge on any atom is -0.461 e. The van der Waals surface area contributed by atoms with E-state index in [0.29, 0.717) is 53.2 Å². The third-order valence-electron chi connectivity index (χ3n) is 15.1. The maximum absolute atomic E-state index is 14.8. The number of nitrogens with zero attached hydrogens (tertiary/aromatic N) is 8. The van der Waals surface area contributed by atoms with Crippen molar-refractivity contribution in [2.45, 2.75) is 232 Å². The summed E-state index contributed by atoms with van der Waals surface area (Å²) in [5, 5.41) is 6.08. The number of imidazole rings is 2. The highest BCUT2D eigenvalue weighted by molar-refractivity contribution is 7.59. The number of nitrogens with two attached hydrogens (primary N) is 2. The van der Waals surface area contributed by atoms with Crippen molar-refractivity contribution >= 4 is 78.5 Å². The molecule has 0 saturated heterocycles. The molecular weight excluding hydrogens is 1120 g/mol. The quantitative estimate of drug-likeness (QED) is 0.0157. The van der Waals surface area contributed by atoms with Crippen LogP contribution in [0.4, 0.5) is 11.6 Å². The van der Waals surface area contributed by atoms with Gasteiger partial charge in [0.1, 0.15) is 70.6 Å². The van der Waals surface area contributed by atoms with Crippen LogP contribution in [-0.4, -0.2) is 126 Å². The van der Waals surface area contributed by atoms with Gasteiger partial charge < -0.3 is 60.2 Å². The van der Waals surface area contributed by atoms with E-state index in [1.807, 2.05) is 27.7 Å². The van der Waals surface area contributed by atoms with Crippen molar-refractivity contribution in [1.29, 1.82) is 0 Å². The number of carbonyl (C=O) groups excluding carboxylic acids is 3. The Morgan fingerprint density at radius 3 is 1.24 bits per heavy atom.